The van der Waals surface area contributed by atoms with Crippen molar-refractivity contribution in [2.45, 2.75) is 13.0 Å². The Morgan fingerprint density at radius 1 is 1.16 bits per heavy atom. The molecule has 0 radical (unpaired) electrons. The molecule has 1 amide bonds. The SMILES string of the molecule is Cl.O=C(C1CNC1)N(Cc1ccc(-c2nnc(C(F)F)o2)cc1F)c1cccc(F)c1. The number of hydrogen-bond acceptors (Lipinski definition) is 5. The second-order valence-corrected chi connectivity index (χ2v) is 6.81. The van der Waals surface area contributed by atoms with Crippen LogP contribution in [0.4, 0.5) is 23.2 Å². The van der Waals surface area contributed by atoms with Gasteiger partial charge < -0.3 is 14.6 Å². The molecule has 0 unspecified atom stereocenters. The summed E-state index contributed by atoms with van der Waals surface area (Å²) in [6.07, 6.45) is -2.93. The maximum atomic E-state index is 14.8. The van der Waals surface area contributed by atoms with Crippen molar-refractivity contribution >= 4 is 24.0 Å². The first-order chi connectivity index (χ1) is 14.4. The van der Waals surface area contributed by atoms with E-state index in [9.17, 15) is 22.4 Å². The zero-order chi connectivity index (χ0) is 21.3. The van der Waals surface area contributed by atoms with Gasteiger partial charge >= 0.3 is 6.43 Å². The molecule has 0 spiro atoms. The number of aromatic nitrogens is 2. The van der Waals surface area contributed by atoms with Crippen molar-refractivity contribution in [3.05, 3.63) is 65.6 Å². The van der Waals surface area contributed by atoms with Crippen molar-refractivity contribution < 1.29 is 26.8 Å². The van der Waals surface area contributed by atoms with Gasteiger partial charge in [0.2, 0.25) is 11.8 Å². The molecule has 2 aromatic carbocycles. The van der Waals surface area contributed by atoms with E-state index in [1.807, 2.05) is 0 Å². The average molecular weight is 457 g/mol. The lowest BCUT2D eigenvalue weighted by Gasteiger charge is -2.32. The number of rotatable bonds is 6. The van der Waals surface area contributed by atoms with Crippen LogP contribution in [-0.4, -0.2) is 29.2 Å². The van der Waals surface area contributed by atoms with E-state index in [1.165, 1.54) is 35.2 Å². The van der Waals surface area contributed by atoms with E-state index in [0.29, 0.717) is 18.8 Å². The van der Waals surface area contributed by atoms with Crippen molar-refractivity contribution in [2.24, 2.45) is 5.92 Å². The number of benzene rings is 2. The maximum absolute atomic E-state index is 14.8. The number of halogens is 5. The van der Waals surface area contributed by atoms with E-state index in [4.69, 9.17) is 4.42 Å². The van der Waals surface area contributed by atoms with Gasteiger partial charge in [-0.2, -0.15) is 8.78 Å². The van der Waals surface area contributed by atoms with Gasteiger partial charge in [-0.15, -0.1) is 22.6 Å². The molecule has 0 atom stereocenters. The molecule has 1 aliphatic heterocycles. The zero-order valence-electron chi connectivity index (χ0n) is 15.9. The van der Waals surface area contributed by atoms with Crippen LogP contribution in [0.25, 0.3) is 11.5 Å². The largest absolute Gasteiger partial charge is 0.415 e. The number of anilines is 1. The van der Waals surface area contributed by atoms with Crippen LogP contribution in [0, 0.1) is 17.6 Å². The van der Waals surface area contributed by atoms with Crippen molar-refractivity contribution in [1.29, 1.82) is 0 Å². The fourth-order valence-electron chi connectivity index (χ4n) is 3.04. The van der Waals surface area contributed by atoms with Crippen molar-refractivity contribution in [3.8, 4) is 11.5 Å². The highest BCUT2D eigenvalue weighted by Crippen LogP contribution is 2.27. The van der Waals surface area contributed by atoms with Crippen LogP contribution in [-0.2, 0) is 11.3 Å². The van der Waals surface area contributed by atoms with Gasteiger partial charge in [0.05, 0.1) is 12.5 Å². The second kappa shape index (κ2) is 9.44. The van der Waals surface area contributed by atoms with E-state index in [2.05, 4.69) is 15.5 Å². The Morgan fingerprint density at radius 2 is 1.94 bits per heavy atom. The van der Waals surface area contributed by atoms with Gasteiger partial charge in [0, 0.05) is 29.9 Å². The molecule has 0 bridgehead atoms. The molecule has 1 N–H and O–H groups in total. The average Bonchev–Trinajstić information content (AvgIpc) is 3.16. The predicted molar refractivity (Wildman–Crippen MR) is 106 cm³/mol. The number of nitrogens with one attached hydrogen (secondary N) is 1. The van der Waals surface area contributed by atoms with Gasteiger partial charge in [-0.25, -0.2) is 8.78 Å². The summed E-state index contributed by atoms with van der Waals surface area (Å²) in [7, 11) is 0. The van der Waals surface area contributed by atoms with Gasteiger partial charge in [-0.1, -0.05) is 12.1 Å². The molecule has 4 rings (SSSR count). The van der Waals surface area contributed by atoms with E-state index in [1.54, 1.807) is 6.07 Å². The summed E-state index contributed by atoms with van der Waals surface area (Å²) in [5.41, 5.74) is 0.605. The Balaban J connectivity index is 0.00000272. The molecule has 6 nitrogen and oxygen atoms in total. The molecular weight excluding hydrogens is 440 g/mol. The predicted octanol–water partition coefficient (Wildman–Crippen LogP) is 4.13. The summed E-state index contributed by atoms with van der Waals surface area (Å²) in [4.78, 5) is 14.2. The lowest BCUT2D eigenvalue weighted by Crippen LogP contribution is -2.52. The Labute approximate surface area is 180 Å². The molecule has 0 aliphatic carbocycles. The number of hydrogen-bond donors (Lipinski definition) is 1. The summed E-state index contributed by atoms with van der Waals surface area (Å²) in [5.74, 6) is -2.83. The van der Waals surface area contributed by atoms with Gasteiger partial charge in [-0.3, -0.25) is 4.79 Å². The molecule has 31 heavy (non-hydrogen) atoms. The lowest BCUT2D eigenvalue weighted by atomic mass is 10.0. The fraction of sp³-hybridized carbons (Fsp3) is 0.250. The summed E-state index contributed by atoms with van der Waals surface area (Å²) < 4.78 is 58.5. The molecule has 2 heterocycles. The molecule has 3 aromatic rings. The smallest absolute Gasteiger partial charge is 0.314 e. The van der Waals surface area contributed by atoms with Crippen LogP contribution < -0.4 is 10.2 Å². The topological polar surface area (TPSA) is 71.3 Å². The first kappa shape index (κ1) is 22.7. The maximum Gasteiger partial charge on any atom is 0.314 e. The Kier molecular flexibility index (Phi) is 6.91. The van der Waals surface area contributed by atoms with Gasteiger partial charge in [-0.05, 0) is 30.3 Å². The number of alkyl halides is 2. The fourth-order valence-corrected chi connectivity index (χ4v) is 3.04. The highest BCUT2D eigenvalue weighted by molar-refractivity contribution is 5.95. The summed E-state index contributed by atoms with van der Waals surface area (Å²) in [6, 6.07) is 9.40. The van der Waals surface area contributed by atoms with Crippen LogP contribution in [0.3, 0.4) is 0 Å². The standard InChI is InChI=1S/C20H16F4N4O2.ClH/c21-14-2-1-3-15(7-14)28(20(29)13-8-25-9-13)10-12-5-4-11(6-16(12)22)18-26-27-19(30-18)17(23)24;/h1-7,13,17,25H,8-10H2;1H. The van der Waals surface area contributed by atoms with Crippen molar-refractivity contribution in [2.75, 3.05) is 18.0 Å². The number of nitrogens with zero attached hydrogens (tertiary/aromatic N) is 3. The summed E-state index contributed by atoms with van der Waals surface area (Å²) >= 11 is 0. The monoisotopic (exact) mass is 456 g/mol. The van der Waals surface area contributed by atoms with Gasteiger partial charge in [0.1, 0.15) is 11.6 Å². The third-order valence-corrected chi connectivity index (χ3v) is 4.77. The van der Waals surface area contributed by atoms with E-state index in [0.717, 1.165) is 6.07 Å². The molecule has 164 valence electrons. The van der Waals surface area contributed by atoms with Crippen LogP contribution in [0.1, 0.15) is 17.9 Å². The third-order valence-electron chi connectivity index (χ3n) is 4.77. The van der Waals surface area contributed by atoms with E-state index in [-0.39, 0.29) is 47.8 Å². The third kappa shape index (κ3) is 4.86. The van der Waals surface area contributed by atoms with Crippen LogP contribution in [0.5, 0.6) is 0 Å². The Morgan fingerprint density at radius 3 is 2.52 bits per heavy atom. The highest BCUT2D eigenvalue weighted by Gasteiger charge is 2.31. The van der Waals surface area contributed by atoms with Gasteiger partial charge in [0.15, 0.2) is 0 Å². The van der Waals surface area contributed by atoms with Gasteiger partial charge in [0.25, 0.3) is 5.89 Å². The first-order valence-corrected chi connectivity index (χ1v) is 9.10. The number of amides is 1. The quantitative estimate of drug-likeness (QED) is 0.565. The molecular formula is C20H17ClF4N4O2. The second-order valence-electron chi connectivity index (χ2n) is 6.81. The zero-order valence-corrected chi connectivity index (χ0v) is 16.7. The van der Waals surface area contributed by atoms with Crippen molar-refractivity contribution in [1.82, 2.24) is 15.5 Å². The Bertz CT molecular complexity index is 1070. The van der Waals surface area contributed by atoms with E-state index >= 15 is 0 Å². The highest BCUT2D eigenvalue weighted by atomic mass is 35.5. The minimum atomic E-state index is -2.93. The van der Waals surface area contributed by atoms with Crippen molar-refractivity contribution in [3.63, 3.8) is 0 Å². The molecule has 1 saturated heterocycles. The molecule has 11 heteroatoms. The molecule has 1 aromatic heterocycles. The van der Waals surface area contributed by atoms with Crippen LogP contribution in [0.2, 0.25) is 0 Å². The number of carbonyl (C=O) groups is 1. The Hall–Kier alpha value is -2.98. The first-order valence-electron chi connectivity index (χ1n) is 9.10. The normalized spacial score (nSPS) is 13.6. The molecule has 1 aliphatic rings. The molecule has 1 fully saturated rings. The minimum Gasteiger partial charge on any atom is -0.415 e. The lowest BCUT2D eigenvalue weighted by molar-refractivity contribution is -0.123. The van der Waals surface area contributed by atoms with E-state index < -0.39 is 24.0 Å². The molecule has 0 saturated carbocycles. The van der Waals surface area contributed by atoms with Crippen LogP contribution in [0.15, 0.2) is 46.9 Å². The number of carbonyl (C=O) groups excluding carboxylic acids is 1. The van der Waals surface area contributed by atoms with Crippen LogP contribution >= 0.6 is 12.4 Å². The summed E-state index contributed by atoms with van der Waals surface area (Å²) in [6.45, 7) is 0.864. The summed E-state index contributed by atoms with van der Waals surface area (Å²) in [5, 5.41) is 9.70. The minimum absolute atomic E-state index is 0.